The predicted octanol–water partition coefficient (Wildman–Crippen LogP) is 4.14. The van der Waals surface area contributed by atoms with E-state index in [9.17, 15) is 5.11 Å². The molecule has 28 heavy (non-hydrogen) atoms. The van der Waals surface area contributed by atoms with E-state index in [1.807, 2.05) is 48.5 Å². The van der Waals surface area contributed by atoms with Crippen LogP contribution in [0.3, 0.4) is 0 Å². The van der Waals surface area contributed by atoms with E-state index in [0.29, 0.717) is 18.8 Å². The number of fused-ring (bicyclic) bond motifs is 2. The fraction of sp³-hybridized carbons (Fsp3) is 0.174. The number of aromatic nitrogens is 3. The molecule has 2 aromatic carbocycles. The first kappa shape index (κ1) is 16.8. The summed E-state index contributed by atoms with van der Waals surface area (Å²) in [6.07, 6.45) is 3.73. The van der Waals surface area contributed by atoms with Crippen LogP contribution in [0.1, 0.15) is 23.7 Å². The van der Waals surface area contributed by atoms with Gasteiger partial charge in [0.25, 0.3) is 0 Å². The number of benzene rings is 2. The molecule has 0 fully saturated rings. The maximum absolute atomic E-state index is 10.6. The van der Waals surface area contributed by atoms with Gasteiger partial charge in [-0.25, -0.2) is 9.97 Å². The summed E-state index contributed by atoms with van der Waals surface area (Å²) in [4.78, 5) is 16.1. The van der Waals surface area contributed by atoms with E-state index in [-0.39, 0.29) is 0 Å². The molecule has 3 heterocycles. The summed E-state index contributed by atoms with van der Waals surface area (Å²) >= 11 is 0. The molecule has 138 valence electrons. The normalized spacial score (nSPS) is 16.6. The lowest BCUT2D eigenvalue weighted by Crippen LogP contribution is -2.24. The number of pyridine rings is 1. The van der Waals surface area contributed by atoms with Gasteiger partial charge in [0.05, 0.1) is 11.6 Å². The summed E-state index contributed by atoms with van der Waals surface area (Å²) in [6.45, 7) is 1.44. The van der Waals surface area contributed by atoms with Gasteiger partial charge in [-0.1, -0.05) is 36.4 Å². The molecule has 5 rings (SSSR count). The summed E-state index contributed by atoms with van der Waals surface area (Å²) in [7, 11) is 0. The van der Waals surface area contributed by atoms with Gasteiger partial charge >= 0.3 is 0 Å². The molecular weight excluding hydrogens is 348 g/mol. The third-order valence-electron chi connectivity index (χ3n) is 5.27. The number of hydrogen-bond donors (Lipinski definition) is 1. The fourth-order valence-electron chi connectivity index (χ4n) is 3.83. The Kier molecular flexibility index (Phi) is 4.22. The second-order valence-corrected chi connectivity index (χ2v) is 7.05. The van der Waals surface area contributed by atoms with E-state index in [1.165, 1.54) is 0 Å². The van der Waals surface area contributed by atoms with Crippen molar-refractivity contribution in [3.05, 3.63) is 84.2 Å². The van der Waals surface area contributed by atoms with Gasteiger partial charge in [0.1, 0.15) is 5.82 Å². The largest absolute Gasteiger partial charge is 0.388 e. The van der Waals surface area contributed by atoms with Crippen molar-refractivity contribution in [1.82, 2.24) is 15.0 Å². The van der Waals surface area contributed by atoms with Gasteiger partial charge < -0.3 is 10.0 Å². The second-order valence-electron chi connectivity index (χ2n) is 7.05. The molecule has 0 aliphatic carbocycles. The Bertz CT molecular complexity index is 1130. The van der Waals surface area contributed by atoms with Crippen LogP contribution >= 0.6 is 0 Å². The highest BCUT2D eigenvalue weighted by Gasteiger charge is 2.23. The third-order valence-corrected chi connectivity index (χ3v) is 5.27. The minimum Gasteiger partial charge on any atom is -0.388 e. The highest BCUT2D eigenvalue weighted by Crippen LogP contribution is 2.33. The zero-order valence-electron chi connectivity index (χ0n) is 15.4. The van der Waals surface area contributed by atoms with E-state index >= 15 is 0 Å². The molecule has 1 atom stereocenters. The topological polar surface area (TPSA) is 62.1 Å². The van der Waals surface area contributed by atoms with E-state index in [2.05, 4.69) is 22.0 Å². The number of nitrogens with zero attached hydrogens (tertiary/aromatic N) is 4. The Morgan fingerprint density at radius 1 is 0.893 bits per heavy atom. The average molecular weight is 368 g/mol. The van der Waals surface area contributed by atoms with Gasteiger partial charge in [-0.15, -0.1) is 0 Å². The van der Waals surface area contributed by atoms with Crippen LogP contribution in [0.25, 0.3) is 22.3 Å². The van der Waals surface area contributed by atoms with Crippen molar-refractivity contribution >= 4 is 16.7 Å². The Hall–Kier alpha value is -3.31. The lowest BCUT2D eigenvalue weighted by atomic mass is 10.0. The molecule has 2 aromatic heterocycles. The molecule has 1 aliphatic heterocycles. The monoisotopic (exact) mass is 368 g/mol. The van der Waals surface area contributed by atoms with Crippen LogP contribution in [0.15, 0.2) is 73.1 Å². The lowest BCUT2D eigenvalue weighted by molar-refractivity contribution is 0.171. The van der Waals surface area contributed by atoms with Crippen LogP contribution in [0.2, 0.25) is 0 Å². The van der Waals surface area contributed by atoms with Crippen molar-refractivity contribution in [3.63, 3.8) is 0 Å². The van der Waals surface area contributed by atoms with Crippen molar-refractivity contribution in [1.29, 1.82) is 0 Å². The molecule has 1 aliphatic rings. The zero-order chi connectivity index (χ0) is 18.9. The molecule has 1 N–H and O–H groups in total. The van der Waals surface area contributed by atoms with Crippen molar-refractivity contribution in [3.8, 4) is 11.4 Å². The number of rotatable bonds is 2. The van der Waals surface area contributed by atoms with Gasteiger partial charge in [0.2, 0.25) is 0 Å². The Balaban J connectivity index is 1.66. The maximum atomic E-state index is 10.6. The van der Waals surface area contributed by atoms with Crippen LogP contribution < -0.4 is 4.90 Å². The third kappa shape index (κ3) is 3.00. The molecule has 0 bridgehead atoms. The number of aliphatic hydroxyl groups excluding tert-OH is 1. The molecule has 0 radical (unpaired) electrons. The zero-order valence-corrected chi connectivity index (χ0v) is 15.4. The smallest absolute Gasteiger partial charge is 0.162 e. The summed E-state index contributed by atoms with van der Waals surface area (Å²) in [5.41, 5.74) is 4.01. The molecule has 5 heteroatoms. The Morgan fingerprint density at radius 3 is 2.57 bits per heavy atom. The van der Waals surface area contributed by atoms with Crippen LogP contribution in [0.5, 0.6) is 0 Å². The van der Waals surface area contributed by atoms with E-state index in [1.54, 1.807) is 12.4 Å². The summed E-state index contributed by atoms with van der Waals surface area (Å²) in [5.74, 6) is 1.59. The van der Waals surface area contributed by atoms with E-state index in [0.717, 1.165) is 40.0 Å². The van der Waals surface area contributed by atoms with Crippen molar-refractivity contribution < 1.29 is 5.11 Å². The van der Waals surface area contributed by atoms with Gasteiger partial charge in [0.15, 0.2) is 5.82 Å². The first-order chi connectivity index (χ1) is 13.8. The number of hydrogen-bond acceptors (Lipinski definition) is 5. The van der Waals surface area contributed by atoms with Gasteiger partial charge in [-0.2, -0.15) is 0 Å². The van der Waals surface area contributed by atoms with Crippen molar-refractivity contribution in [2.45, 2.75) is 19.1 Å². The SMILES string of the molecule is OC1CCN(c2nc(-c3ccncc3)nc3ccccc23)Cc2ccccc21. The number of para-hydroxylation sites is 1. The molecule has 0 saturated heterocycles. The molecule has 0 spiro atoms. The van der Waals surface area contributed by atoms with Crippen LogP contribution in [-0.2, 0) is 6.54 Å². The Labute approximate surface area is 163 Å². The fourth-order valence-corrected chi connectivity index (χ4v) is 3.83. The molecule has 1 unspecified atom stereocenters. The van der Waals surface area contributed by atoms with E-state index in [4.69, 9.17) is 9.97 Å². The van der Waals surface area contributed by atoms with Gasteiger partial charge in [0, 0.05) is 36.4 Å². The summed E-state index contributed by atoms with van der Waals surface area (Å²) in [6, 6.07) is 20.1. The van der Waals surface area contributed by atoms with Gasteiger partial charge in [-0.3, -0.25) is 4.98 Å². The first-order valence-corrected chi connectivity index (χ1v) is 9.47. The molecular formula is C23H20N4O. The number of aliphatic hydroxyl groups is 1. The maximum Gasteiger partial charge on any atom is 0.162 e. The number of anilines is 1. The lowest BCUT2D eigenvalue weighted by Gasteiger charge is -2.24. The second kappa shape index (κ2) is 7.02. The van der Waals surface area contributed by atoms with Crippen molar-refractivity contribution in [2.75, 3.05) is 11.4 Å². The summed E-state index contributed by atoms with van der Waals surface area (Å²) in [5, 5.41) is 11.6. The molecule has 4 aromatic rings. The highest BCUT2D eigenvalue weighted by atomic mass is 16.3. The molecule has 5 nitrogen and oxygen atoms in total. The molecule has 0 amide bonds. The van der Waals surface area contributed by atoms with Crippen LogP contribution in [-0.4, -0.2) is 26.6 Å². The van der Waals surface area contributed by atoms with Crippen molar-refractivity contribution in [2.24, 2.45) is 0 Å². The first-order valence-electron chi connectivity index (χ1n) is 9.47. The minimum atomic E-state index is -0.450. The standard InChI is InChI=1S/C23H20N4O/c28-21-11-14-27(15-17-5-1-2-6-18(17)21)23-19-7-3-4-8-20(19)25-22(26-23)16-9-12-24-13-10-16/h1-10,12-13,21,28H,11,14-15H2. The predicted molar refractivity (Wildman–Crippen MR) is 110 cm³/mol. The Morgan fingerprint density at radius 2 is 1.68 bits per heavy atom. The summed E-state index contributed by atoms with van der Waals surface area (Å²) < 4.78 is 0. The molecule has 0 saturated carbocycles. The van der Waals surface area contributed by atoms with Crippen LogP contribution in [0, 0.1) is 0 Å². The van der Waals surface area contributed by atoms with Crippen LogP contribution in [0.4, 0.5) is 5.82 Å². The van der Waals surface area contributed by atoms with Gasteiger partial charge in [-0.05, 0) is 41.8 Å². The average Bonchev–Trinajstić information content (AvgIpc) is 2.93. The minimum absolute atomic E-state index is 0.450. The quantitative estimate of drug-likeness (QED) is 0.576. The van der Waals surface area contributed by atoms with E-state index < -0.39 is 6.10 Å². The highest BCUT2D eigenvalue weighted by molar-refractivity contribution is 5.91.